The van der Waals surface area contributed by atoms with Crippen LogP contribution in [0, 0.1) is 6.92 Å². The van der Waals surface area contributed by atoms with Gasteiger partial charge in [-0.15, -0.1) is 0 Å². The van der Waals surface area contributed by atoms with Crippen LogP contribution >= 0.6 is 12.6 Å². The third kappa shape index (κ3) is 7.58. The maximum absolute atomic E-state index is 7.17. The van der Waals surface area contributed by atoms with E-state index in [1.807, 2.05) is 0 Å². The summed E-state index contributed by atoms with van der Waals surface area (Å²) in [6, 6.07) is 6.37. The van der Waals surface area contributed by atoms with Crippen molar-refractivity contribution in [2.24, 2.45) is 0 Å². The molecule has 0 heterocycles. The monoisotopic (exact) mass is 208 g/mol. The Morgan fingerprint density at radius 1 is 1.31 bits per heavy atom. The van der Waals surface area contributed by atoms with Crippen LogP contribution in [0.2, 0.25) is 0 Å². The number of rotatable bonds is 0. The summed E-state index contributed by atoms with van der Waals surface area (Å²) in [5, 5.41) is 21.5. The predicted octanol–water partition coefficient (Wildman–Crippen LogP) is -0.974. The van der Waals surface area contributed by atoms with Gasteiger partial charge in [0.05, 0.1) is 0 Å². The minimum atomic E-state index is -2.17. The molecule has 1 aromatic carbocycles. The van der Waals surface area contributed by atoms with Crippen molar-refractivity contribution in [3.63, 3.8) is 0 Å². The molecule has 3 N–H and O–H groups in total. The van der Waals surface area contributed by atoms with Crippen LogP contribution in [-0.2, 0) is 0 Å². The maximum atomic E-state index is 7.17. The topological polar surface area (TPSA) is 60.7 Å². The molecule has 0 atom stereocenters. The second kappa shape index (κ2) is 6.89. The molecule has 66 valence electrons. The Morgan fingerprint density at radius 2 is 1.77 bits per heavy atom. The molecule has 0 fully saturated rings. The summed E-state index contributed by atoms with van der Waals surface area (Å²) in [5.74, 6) is 0. The van der Waals surface area contributed by atoms with Crippen molar-refractivity contribution >= 4 is 50.7 Å². The summed E-state index contributed by atoms with van der Waals surface area (Å²) in [6.07, 6.45) is 0. The van der Waals surface area contributed by atoms with E-state index in [4.69, 9.17) is 15.1 Å². The Balaban J connectivity index is 0.000000310. The smallest absolute Gasteiger partial charge is 0.402 e. The van der Waals surface area contributed by atoms with Crippen molar-refractivity contribution in [2.45, 2.75) is 11.8 Å². The van der Waals surface area contributed by atoms with E-state index in [9.17, 15) is 0 Å². The molecule has 0 bridgehead atoms. The van der Waals surface area contributed by atoms with Crippen LogP contribution in [0.25, 0.3) is 0 Å². The Morgan fingerprint density at radius 3 is 2.08 bits per heavy atom. The fourth-order valence-electron chi connectivity index (χ4n) is 0.719. The van der Waals surface area contributed by atoms with E-state index in [1.54, 1.807) is 0 Å². The Labute approximate surface area is 101 Å². The molecule has 0 saturated carbocycles. The van der Waals surface area contributed by atoms with E-state index >= 15 is 0 Å². The quantitative estimate of drug-likeness (QED) is 0.327. The first-order valence-electron chi connectivity index (χ1n) is 3.74. The van der Waals surface area contributed by atoms with Gasteiger partial charge in [-0.05, 0) is 0 Å². The zero-order valence-corrected chi connectivity index (χ0v) is 10.5. The molecule has 1 aromatic rings. The van der Waals surface area contributed by atoms with Gasteiger partial charge in [-0.3, -0.25) is 0 Å². The Hall–Kier alpha value is 0.515. The van der Waals surface area contributed by atoms with Crippen molar-refractivity contribution in [3.05, 3.63) is 23.8 Å². The molecule has 3 nitrogen and oxygen atoms in total. The van der Waals surface area contributed by atoms with Gasteiger partial charge in [0.1, 0.15) is 0 Å². The van der Waals surface area contributed by atoms with E-state index < -0.39 is 7.32 Å². The van der Waals surface area contributed by atoms with Gasteiger partial charge in [0, 0.05) is 0 Å². The van der Waals surface area contributed by atoms with Gasteiger partial charge in [-0.1, -0.05) is 0 Å². The van der Waals surface area contributed by atoms with Gasteiger partial charge >= 0.3 is 86.3 Å². The summed E-state index contributed by atoms with van der Waals surface area (Å²) in [7, 11) is -2.17. The fourth-order valence-corrected chi connectivity index (χ4v) is 1.31. The zero-order chi connectivity index (χ0) is 10.4. The summed E-state index contributed by atoms with van der Waals surface area (Å²) >= 11 is 5.40. The molecule has 13 heavy (non-hydrogen) atoms. The van der Waals surface area contributed by atoms with Crippen molar-refractivity contribution in [1.29, 1.82) is 0 Å². The molecule has 0 aliphatic rings. The maximum Gasteiger partial charge on any atom is 0.631 e. The van der Waals surface area contributed by atoms with Gasteiger partial charge < -0.3 is 15.1 Å². The molecule has 0 saturated heterocycles. The molecule has 0 unspecified atom stereocenters. The van der Waals surface area contributed by atoms with E-state index in [2.05, 4.69) is 37.8 Å². The number of benzene rings is 1. The predicted molar refractivity (Wildman–Crippen MR) is 56.2 cm³/mol. The van der Waals surface area contributed by atoms with Gasteiger partial charge in [0.15, 0.2) is 0 Å². The summed E-state index contributed by atoms with van der Waals surface area (Å²) in [6.45, 7) is 2.08. The molecule has 1 rings (SSSR count). The number of thiol groups is 1. The molecule has 0 spiro atoms. The largest absolute Gasteiger partial charge is 0.631 e. The normalized spacial score (nSPS) is 8.85. The van der Waals surface area contributed by atoms with Crippen LogP contribution in [0.3, 0.4) is 0 Å². The van der Waals surface area contributed by atoms with Gasteiger partial charge in [-0.25, -0.2) is 0 Å². The van der Waals surface area contributed by atoms with E-state index in [0.29, 0.717) is 0 Å². The molecule has 0 aliphatic carbocycles. The third-order valence-corrected chi connectivity index (χ3v) is 3.14. The average molecular weight is 208 g/mol. The fraction of sp³-hybridized carbons (Fsp3) is 0.143. The first kappa shape index (κ1) is 13.5. The van der Waals surface area contributed by atoms with Crippen molar-refractivity contribution in [3.8, 4) is 0 Å². The molecule has 0 amide bonds. The molecular formula is C7H10BNaO3S. The van der Waals surface area contributed by atoms with Crippen molar-refractivity contribution in [2.75, 3.05) is 0 Å². The van der Waals surface area contributed by atoms with Crippen molar-refractivity contribution < 1.29 is 15.1 Å². The van der Waals surface area contributed by atoms with Crippen LogP contribution in [0.1, 0.15) is 5.56 Å². The molecule has 6 heteroatoms. The van der Waals surface area contributed by atoms with E-state index in [1.165, 1.54) is 8.38 Å². The van der Waals surface area contributed by atoms with Crippen LogP contribution < -0.4 is 2.81 Å². The minimum Gasteiger partial charge on any atom is -0.402 e. The third-order valence-electron chi connectivity index (χ3n) is 1.36. The van der Waals surface area contributed by atoms with Crippen LogP contribution in [0.15, 0.2) is 23.1 Å². The van der Waals surface area contributed by atoms with E-state index in [0.717, 1.165) is 32.8 Å². The first-order chi connectivity index (χ1) is 5.93. The molecule has 0 radical (unpaired) electrons. The van der Waals surface area contributed by atoms with Crippen LogP contribution in [-0.4, -0.2) is 50.3 Å². The van der Waals surface area contributed by atoms with Gasteiger partial charge in [-0.2, -0.15) is 0 Å². The van der Waals surface area contributed by atoms with E-state index in [-0.39, 0.29) is 0 Å². The van der Waals surface area contributed by atoms with Gasteiger partial charge in [0.25, 0.3) is 0 Å². The second-order valence-electron chi connectivity index (χ2n) is 2.64. The summed E-state index contributed by atoms with van der Waals surface area (Å²) in [4.78, 5) is 1.14. The van der Waals surface area contributed by atoms with Crippen molar-refractivity contribution in [1.82, 2.24) is 0 Å². The van der Waals surface area contributed by atoms with Crippen LogP contribution in [0.5, 0.6) is 0 Å². The number of hydrogen-bond acceptors (Lipinski definition) is 4. The second-order valence-corrected chi connectivity index (χ2v) is 4.20. The first-order valence-corrected chi connectivity index (χ1v) is 5.18. The Kier molecular flexibility index (Phi) is 7.17. The SMILES string of the molecule is Cc1cc[c]([Na])c(S)c1.OB(O)O. The minimum absolute atomic E-state index is 1.10. The zero-order valence-electron chi connectivity index (χ0n) is 7.60. The summed E-state index contributed by atoms with van der Waals surface area (Å²) < 4.78 is 1.38. The van der Waals surface area contributed by atoms with Crippen LogP contribution in [0.4, 0.5) is 0 Å². The summed E-state index contributed by atoms with van der Waals surface area (Å²) in [5.41, 5.74) is 1.29. The number of hydrogen-bond donors (Lipinski definition) is 4. The average Bonchev–Trinajstić information content (AvgIpc) is 1.96. The molecule has 0 aromatic heterocycles. The molecular weight excluding hydrogens is 198 g/mol. The number of aryl methyl sites for hydroxylation is 1. The van der Waals surface area contributed by atoms with Gasteiger partial charge in [0.2, 0.25) is 0 Å². The molecule has 0 aliphatic heterocycles. The standard InChI is InChI=1S/C7H7S.BH3O3.Na/c1-6-3-2-4-7(8)5-6;2-1(3)4;/h2-3,5,8H,1H3;2-4H;. The Bertz CT molecular complexity index is 267.